The minimum Gasteiger partial charge on any atom is -0.503 e. The Morgan fingerprint density at radius 3 is 2.56 bits per heavy atom. The van der Waals surface area contributed by atoms with Crippen LogP contribution in [0.3, 0.4) is 0 Å². The first-order valence-corrected chi connectivity index (χ1v) is 11.3. The molecule has 1 saturated heterocycles. The van der Waals surface area contributed by atoms with Crippen molar-refractivity contribution in [1.29, 1.82) is 0 Å². The highest BCUT2D eigenvalue weighted by Crippen LogP contribution is 2.30. The van der Waals surface area contributed by atoms with Gasteiger partial charge < -0.3 is 19.9 Å². The van der Waals surface area contributed by atoms with E-state index in [4.69, 9.17) is 9.47 Å². The van der Waals surface area contributed by atoms with E-state index in [0.29, 0.717) is 38.5 Å². The molecular weight excluding hydrogens is 437 g/mol. The van der Waals surface area contributed by atoms with Crippen LogP contribution in [0, 0.1) is 5.82 Å². The van der Waals surface area contributed by atoms with Crippen molar-refractivity contribution in [1.82, 2.24) is 15.2 Å². The maximum absolute atomic E-state index is 13.1. The first-order chi connectivity index (χ1) is 16.6. The van der Waals surface area contributed by atoms with Gasteiger partial charge in [-0.05, 0) is 23.3 Å². The number of nitrogens with one attached hydrogen (secondary N) is 1. The lowest BCUT2D eigenvalue weighted by molar-refractivity contribution is 0.0321. The fraction of sp³-hybridized carbons (Fsp3) is 0.308. The van der Waals surface area contributed by atoms with Crippen LogP contribution < -0.4 is 10.1 Å². The second kappa shape index (κ2) is 11.6. The zero-order chi connectivity index (χ0) is 23.8. The topological polar surface area (TPSA) is 83.9 Å². The van der Waals surface area contributed by atoms with E-state index >= 15 is 0 Å². The van der Waals surface area contributed by atoms with E-state index in [1.807, 2.05) is 30.3 Å². The fourth-order valence-electron chi connectivity index (χ4n) is 3.71. The van der Waals surface area contributed by atoms with Crippen LogP contribution in [0.2, 0.25) is 0 Å². The van der Waals surface area contributed by atoms with E-state index in [0.717, 1.165) is 24.2 Å². The zero-order valence-corrected chi connectivity index (χ0v) is 18.9. The molecule has 7 nitrogen and oxygen atoms in total. The third kappa shape index (κ3) is 6.52. The summed E-state index contributed by atoms with van der Waals surface area (Å²) in [7, 11) is 0. The van der Waals surface area contributed by atoms with Crippen LogP contribution in [0.1, 0.15) is 27.3 Å². The first-order valence-electron chi connectivity index (χ1n) is 11.3. The van der Waals surface area contributed by atoms with Crippen molar-refractivity contribution in [3.8, 4) is 11.5 Å². The van der Waals surface area contributed by atoms with Gasteiger partial charge in [0, 0.05) is 44.4 Å². The lowest BCUT2D eigenvalue weighted by Gasteiger charge is -2.26. The van der Waals surface area contributed by atoms with Crippen molar-refractivity contribution in [2.75, 3.05) is 39.5 Å². The highest BCUT2D eigenvalue weighted by molar-refractivity contribution is 5.95. The molecule has 1 fully saturated rings. The molecule has 0 radical (unpaired) electrons. The molecule has 1 aromatic heterocycles. The quantitative estimate of drug-likeness (QED) is 0.505. The summed E-state index contributed by atoms with van der Waals surface area (Å²) in [6.07, 6.45) is 0.485. The smallest absolute Gasteiger partial charge is 0.274 e. The Balaban J connectivity index is 1.50. The van der Waals surface area contributed by atoms with Crippen molar-refractivity contribution in [3.05, 3.63) is 89.0 Å². The molecular formula is C26H28FN3O4. The van der Waals surface area contributed by atoms with Gasteiger partial charge in [0.25, 0.3) is 5.91 Å². The third-order valence-electron chi connectivity index (χ3n) is 5.59. The summed E-state index contributed by atoms with van der Waals surface area (Å²) < 4.78 is 24.4. The average molecular weight is 466 g/mol. The minimum atomic E-state index is -0.533. The summed E-state index contributed by atoms with van der Waals surface area (Å²) in [5.74, 6) is -0.951. The Morgan fingerprint density at radius 2 is 1.82 bits per heavy atom. The van der Waals surface area contributed by atoms with Gasteiger partial charge in [0.1, 0.15) is 12.4 Å². The van der Waals surface area contributed by atoms with Gasteiger partial charge in [0.15, 0.2) is 17.2 Å². The normalized spacial score (nSPS) is 14.0. The summed E-state index contributed by atoms with van der Waals surface area (Å²) in [5.41, 5.74) is 2.27. The molecule has 3 aromatic rings. The van der Waals surface area contributed by atoms with Crippen LogP contribution in [-0.2, 0) is 17.7 Å². The molecule has 0 unspecified atom stereocenters. The molecule has 0 bridgehead atoms. The van der Waals surface area contributed by atoms with E-state index in [9.17, 15) is 14.3 Å². The van der Waals surface area contributed by atoms with Crippen LogP contribution in [-0.4, -0.2) is 60.4 Å². The SMILES string of the molecule is O=C(NCc1ccc(F)cc1)c1nc(Cc2ccccc2)cc(OCCN2CCOCC2)c1O. The Morgan fingerprint density at radius 1 is 1.09 bits per heavy atom. The Labute approximate surface area is 198 Å². The molecule has 0 saturated carbocycles. The van der Waals surface area contributed by atoms with E-state index in [1.165, 1.54) is 12.1 Å². The van der Waals surface area contributed by atoms with E-state index in [-0.39, 0.29) is 29.6 Å². The lowest BCUT2D eigenvalue weighted by atomic mass is 10.1. The van der Waals surface area contributed by atoms with Crippen molar-refractivity contribution in [2.45, 2.75) is 13.0 Å². The average Bonchev–Trinajstić information content (AvgIpc) is 2.86. The molecule has 0 spiro atoms. The zero-order valence-electron chi connectivity index (χ0n) is 18.9. The second-order valence-corrected chi connectivity index (χ2v) is 8.08. The predicted molar refractivity (Wildman–Crippen MR) is 125 cm³/mol. The van der Waals surface area contributed by atoms with Gasteiger partial charge in [0.05, 0.1) is 13.2 Å². The monoisotopic (exact) mass is 465 g/mol. The second-order valence-electron chi connectivity index (χ2n) is 8.08. The summed E-state index contributed by atoms with van der Waals surface area (Å²) in [5, 5.41) is 13.5. The number of ether oxygens (including phenoxy) is 2. The number of pyridine rings is 1. The molecule has 2 heterocycles. The fourth-order valence-corrected chi connectivity index (χ4v) is 3.71. The summed E-state index contributed by atoms with van der Waals surface area (Å²) in [6, 6.07) is 17.3. The number of halogens is 1. The number of carbonyl (C=O) groups excluding carboxylic acids is 1. The van der Waals surface area contributed by atoms with Crippen LogP contribution in [0.15, 0.2) is 60.7 Å². The van der Waals surface area contributed by atoms with Gasteiger partial charge in [-0.2, -0.15) is 0 Å². The van der Waals surface area contributed by atoms with Crippen molar-refractivity contribution >= 4 is 5.91 Å². The number of nitrogens with zero attached hydrogens (tertiary/aromatic N) is 2. The highest BCUT2D eigenvalue weighted by atomic mass is 19.1. The molecule has 2 aromatic carbocycles. The number of benzene rings is 2. The maximum Gasteiger partial charge on any atom is 0.274 e. The molecule has 1 amide bonds. The van der Waals surface area contributed by atoms with Crippen molar-refractivity contribution < 1.29 is 23.8 Å². The number of hydrogen-bond donors (Lipinski definition) is 2. The number of rotatable bonds is 9. The van der Waals surface area contributed by atoms with E-state index in [2.05, 4.69) is 15.2 Å². The highest BCUT2D eigenvalue weighted by Gasteiger charge is 2.20. The van der Waals surface area contributed by atoms with Gasteiger partial charge in [-0.1, -0.05) is 42.5 Å². The number of aromatic nitrogens is 1. The molecule has 1 aliphatic heterocycles. The van der Waals surface area contributed by atoms with Crippen molar-refractivity contribution in [3.63, 3.8) is 0 Å². The molecule has 8 heteroatoms. The summed E-state index contributed by atoms with van der Waals surface area (Å²) in [4.78, 5) is 19.5. The molecule has 178 valence electrons. The van der Waals surface area contributed by atoms with Crippen LogP contribution in [0.4, 0.5) is 4.39 Å². The Hall–Kier alpha value is -3.49. The van der Waals surface area contributed by atoms with E-state index in [1.54, 1.807) is 18.2 Å². The van der Waals surface area contributed by atoms with Crippen LogP contribution >= 0.6 is 0 Å². The Kier molecular flexibility index (Phi) is 8.06. The predicted octanol–water partition coefficient (Wildman–Crippen LogP) is 3.16. The van der Waals surface area contributed by atoms with Crippen LogP contribution in [0.25, 0.3) is 0 Å². The third-order valence-corrected chi connectivity index (χ3v) is 5.59. The lowest BCUT2D eigenvalue weighted by Crippen LogP contribution is -2.38. The van der Waals surface area contributed by atoms with Crippen molar-refractivity contribution in [2.24, 2.45) is 0 Å². The number of aromatic hydroxyl groups is 1. The van der Waals surface area contributed by atoms with Gasteiger partial charge in [0.2, 0.25) is 0 Å². The maximum atomic E-state index is 13.1. The van der Waals surface area contributed by atoms with Gasteiger partial charge >= 0.3 is 0 Å². The largest absolute Gasteiger partial charge is 0.503 e. The number of amides is 1. The molecule has 1 aliphatic rings. The Bertz CT molecular complexity index is 1090. The minimum absolute atomic E-state index is 0.100. The van der Waals surface area contributed by atoms with Gasteiger partial charge in [-0.3, -0.25) is 9.69 Å². The molecule has 4 rings (SSSR count). The number of hydrogen-bond acceptors (Lipinski definition) is 6. The molecule has 2 N–H and O–H groups in total. The van der Waals surface area contributed by atoms with Gasteiger partial charge in [-0.15, -0.1) is 0 Å². The van der Waals surface area contributed by atoms with Crippen LogP contribution in [0.5, 0.6) is 11.5 Å². The number of morpholine rings is 1. The molecule has 0 aliphatic carbocycles. The summed E-state index contributed by atoms with van der Waals surface area (Å²) in [6.45, 7) is 4.28. The standard InChI is InChI=1S/C26H28FN3O4/c27-21-8-6-20(7-9-21)18-28-26(32)24-25(31)23(34-15-12-30-10-13-33-14-11-30)17-22(29-24)16-19-4-2-1-3-5-19/h1-9,17,31H,10-16,18H2,(H,28,32). The number of carbonyl (C=O) groups is 1. The van der Waals surface area contributed by atoms with E-state index < -0.39 is 5.91 Å². The summed E-state index contributed by atoms with van der Waals surface area (Å²) >= 11 is 0. The molecule has 0 atom stereocenters. The molecule has 34 heavy (non-hydrogen) atoms. The van der Waals surface area contributed by atoms with Gasteiger partial charge in [-0.25, -0.2) is 9.37 Å². The first kappa shape index (κ1) is 23.7.